The minimum Gasteiger partial charge on any atom is -0.397 e. The topological polar surface area (TPSA) is 55.1 Å². The number of carbonyl (C=O) groups excluding carboxylic acids is 1. The maximum absolute atomic E-state index is 11.7. The highest BCUT2D eigenvalue weighted by Gasteiger charge is 2.10. The molecule has 6 heteroatoms. The largest absolute Gasteiger partial charge is 0.397 e. The van der Waals surface area contributed by atoms with Gasteiger partial charge in [0.15, 0.2) is 0 Å². The molecule has 0 radical (unpaired) electrons. The predicted molar refractivity (Wildman–Crippen MR) is 71.9 cm³/mol. The van der Waals surface area contributed by atoms with Gasteiger partial charge < -0.3 is 11.1 Å². The Labute approximate surface area is 109 Å². The molecule has 0 aliphatic carbocycles. The third kappa shape index (κ3) is 2.63. The van der Waals surface area contributed by atoms with Crippen LogP contribution < -0.4 is 11.1 Å². The normalized spacial score (nSPS) is 10.3. The number of hydrogen-bond acceptors (Lipinski definition) is 4. The third-order valence-electron chi connectivity index (χ3n) is 1.95. The van der Waals surface area contributed by atoms with Gasteiger partial charge in [0.25, 0.3) is 5.91 Å². The molecule has 0 spiro atoms. The van der Waals surface area contributed by atoms with Gasteiger partial charge in [0.1, 0.15) is 4.88 Å². The van der Waals surface area contributed by atoms with Crippen LogP contribution in [0.3, 0.4) is 0 Å². The lowest BCUT2D eigenvalue weighted by Crippen LogP contribution is -2.22. The molecule has 84 valence electrons. The standard InChI is InChI=1S/C10H9BrN2OS2/c11-8-2-1-6(16-8)5-13-10(14)9-7(12)3-4-15-9/h1-4H,5,12H2,(H,13,14). The molecule has 2 heterocycles. The van der Waals surface area contributed by atoms with Crippen LogP contribution in [0.5, 0.6) is 0 Å². The monoisotopic (exact) mass is 316 g/mol. The van der Waals surface area contributed by atoms with Gasteiger partial charge in [-0.15, -0.1) is 22.7 Å². The summed E-state index contributed by atoms with van der Waals surface area (Å²) in [6.07, 6.45) is 0. The van der Waals surface area contributed by atoms with Crippen molar-refractivity contribution >= 4 is 50.2 Å². The van der Waals surface area contributed by atoms with E-state index in [-0.39, 0.29) is 5.91 Å². The highest BCUT2D eigenvalue weighted by molar-refractivity contribution is 9.11. The molecule has 0 saturated heterocycles. The Morgan fingerprint density at radius 3 is 2.81 bits per heavy atom. The Morgan fingerprint density at radius 2 is 2.25 bits per heavy atom. The quantitative estimate of drug-likeness (QED) is 0.914. The lowest BCUT2D eigenvalue weighted by atomic mass is 10.3. The summed E-state index contributed by atoms with van der Waals surface area (Å²) in [5, 5.41) is 4.65. The zero-order chi connectivity index (χ0) is 11.5. The molecule has 0 aliphatic rings. The third-order valence-corrected chi connectivity index (χ3v) is 4.51. The van der Waals surface area contributed by atoms with Crippen LogP contribution in [0.4, 0.5) is 5.69 Å². The first-order chi connectivity index (χ1) is 7.66. The Hall–Kier alpha value is -0.850. The Kier molecular flexibility index (Phi) is 3.63. The number of halogens is 1. The van der Waals surface area contributed by atoms with Crippen molar-refractivity contribution in [2.45, 2.75) is 6.54 Å². The molecule has 0 bridgehead atoms. The van der Waals surface area contributed by atoms with E-state index in [2.05, 4.69) is 21.2 Å². The van der Waals surface area contributed by atoms with Crippen molar-refractivity contribution in [3.63, 3.8) is 0 Å². The van der Waals surface area contributed by atoms with E-state index in [0.29, 0.717) is 17.1 Å². The van der Waals surface area contributed by atoms with Crippen LogP contribution in [-0.4, -0.2) is 5.91 Å². The van der Waals surface area contributed by atoms with E-state index in [1.54, 1.807) is 17.4 Å². The summed E-state index contributed by atoms with van der Waals surface area (Å²) in [4.78, 5) is 13.4. The number of nitrogens with two attached hydrogens (primary N) is 1. The van der Waals surface area contributed by atoms with Crippen molar-refractivity contribution in [2.75, 3.05) is 5.73 Å². The number of amides is 1. The van der Waals surface area contributed by atoms with Crippen LogP contribution in [0.2, 0.25) is 0 Å². The molecule has 3 N–H and O–H groups in total. The maximum Gasteiger partial charge on any atom is 0.263 e. The van der Waals surface area contributed by atoms with E-state index in [4.69, 9.17) is 5.73 Å². The number of nitrogen functional groups attached to an aromatic ring is 1. The molecule has 16 heavy (non-hydrogen) atoms. The van der Waals surface area contributed by atoms with E-state index >= 15 is 0 Å². The summed E-state index contributed by atoms with van der Waals surface area (Å²) < 4.78 is 1.06. The second kappa shape index (κ2) is 4.99. The second-order valence-electron chi connectivity index (χ2n) is 3.09. The first kappa shape index (κ1) is 11.6. The number of carbonyl (C=O) groups is 1. The Bertz CT molecular complexity index is 506. The summed E-state index contributed by atoms with van der Waals surface area (Å²) in [5.41, 5.74) is 6.20. The van der Waals surface area contributed by atoms with Crippen LogP contribution >= 0.6 is 38.6 Å². The number of nitrogens with one attached hydrogen (secondary N) is 1. The zero-order valence-corrected chi connectivity index (χ0v) is 11.4. The SMILES string of the molecule is Nc1ccsc1C(=O)NCc1ccc(Br)s1. The molecule has 0 fully saturated rings. The Balaban J connectivity index is 1.96. The van der Waals surface area contributed by atoms with Crippen LogP contribution in [0, 0.1) is 0 Å². The number of rotatable bonds is 3. The first-order valence-electron chi connectivity index (χ1n) is 4.52. The zero-order valence-electron chi connectivity index (χ0n) is 8.20. The molecular weight excluding hydrogens is 308 g/mol. The minimum absolute atomic E-state index is 0.114. The van der Waals surface area contributed by atoms with Crippen molar-refractivity contribution in [1.29, 1.82) is 0 Å². The fraction of sp³-hybridized carbons (Fsp3) is 0.100. The molecule has 1 amide bonds. The van der Waals surface area contributed by atoms with Crippen LogP contribution in [0.15, 0.2) is 27.4 Å². The summed E-state index contributed by atoms with van der Waals surface area (Å²) in [6.45, 7) is 0.534. The van der Waals surface area contributed by atoms with Gasteiger partial charge in [0, 0.05) is 4.88 Å². The second-order valence-corrected chi connectivity index (χ2v) is 6.56. The van der Waals surface area contributed by atoms with Crippen LogP contribution in [-0.2, 0) is 6.54 Å². The highest BCUT2D eigenvalue weighted by atomic mass is 79.9. The number of anilines is 1. The lowest BCUT2D eigenvalue weighted by molar-refractivity contribution is 0.0956. The van der Waals surface area contributed by atoms with Gasteiger partial charge in [-0.2, -0.15) is 0 Å². The van der Waals surface area contributed by atoms with E-state index in [1.165, 1.54) is 11.3 Å². The molecular formula is C10H9BrN2OS2. The Morgan fingerprint density at radius 1 is 1.44 bits per heavy atom. The predicted octanol–water partition coefficient (Wildman–Crippen LogP) is 3.08. The first-order valence-corrected chi connectivity index (χ1v) is 7.01. The number of hydrogen-bond donors (Lipinski definition) is 2. The van der Waals surface area contributed by atoms with Crippen molar-refractivity contribution in [1.82, 2.24) is 5.32 Å². The summed E-state index contributed by atoms with van der Waals surface area (Å²) in [7, 11) is 0. The molecule has 0 aromatic carbocycles. The minimum atomic E-state index is -0.114. The highest BCUT2D eigenvalue weighted by Crippen LogP contribution is 2.22. The molecule has 0 aliphatic heterocycles. The van der Waals surface area contributed by atoms with Gasteiger partial charge >= 0.3 is 0 Å². The maximum atomic E-state index is 11.7. The van der Waals surface area contributed by atoms with E-state index < -0.39 is 0 Å². The van der Waals surface area contributed by atoms with E-state index in [0.717, 1.165) is 8.66 Å². The molecule has 0 unspecified atom stereocenters. The van der Waals surface area contributed by atoms with Gasteiger partial charge in [0.2, 0.25) is 0 Å². The van der Waals surface area contributed by atoms with Crippen molar-refractivity contribution in [3.05, 3.63) is 37.1 Å². The van der Waals surface area contributed by atoms with Crippen molar-refractivity contribution < 1.29 is 4.79 Å². The van der Waals surface area contributed by atoms with Gasteiger partial charge in [-0.05, 0) is 39.5 Å². The van der Waals surface area contributed by atoms with Crippen molar-refractivity contribution in [3.8, 4) is 0 Å². The number of thiophene rings is 2. The molecule has 2 aromatic rings. The lowest BCUT2D eigenvalue weighted by Gasteiger charge is -2.02. The average Bonchev–Trinajstić information content (AvgIpc) is 2.84. The summed E-state index contributed by atoms with van der Waals surface area (Å²) in [5.74, 6) is -0.114. The molecule has 2 aromatic heterocycles. The van der Waals surface area contributed by atoms with Crippen molar-refractivity contribution in [2.24, 2.45) is 0 Å². The molecule has 2 rings (SSSR count). The van der Waals surface area contributed by atoms with Gasteiger partial charge in [-0.1, -0.05) is 0 Å². The summed E-state index contributed by atoms with van der Waals surface area (Å²) in [6, 6.07) is 5.68. The van der Waals surface area contributed by atoms with Gasteiger partial charge in [-0.3, -0.25) is 4.79 Å². The van der Waals surface area contributed by atoms with E-state index in [9.17, 15) is 4.79 Å². The van der Waals surface area contributed by atoms with Gasteiger partial charge in [0.05, 0.1) is 16.0 Å². The molecule has 0 saturated carbocycles. The van der Waals surface area contributed by atoms with Gasteiger partial charge in [-0.25, -0.2) is 0 Å². The fourth-order valence-electron chi connectivity index (χ4n) is 1.20. The van der Waals surface area contributed by atoms with Crippen LogP contribution in [0.25, 0.3) is 0 Å². The van der Waals surface area contributed by atoms with E-state index in [1.807, 2.05) is 17.5 Å². The average molecular weight is 317 g/mol. The molecule has 0 atom stereocenters. The summed E-state index contributed by atoms with van der Waals surface area (Å²) >= 11 is 6.34. The van der Waals surface area contributed by atoms with Crippen LogP contribution in [0.1, 0.15) is 14.5 Å². The molecule has 3 nitrogen and oxygen atoms in total. The fourth-order valence-corrected chi connectivity index (χ4v) is 3.36. The smallest absolute Gasteiger partial charge is 0.263 e.